The number of carbonyl (C=O) groups is 1. The van der Waals surface area contributed by atoms with Gasteiger partial charge in [-0.25, -0.2) is 0 Å². The second-order valence-corrected chi connectivity index (χ2v) is 7.13. The molecule has 0 amide bonds. The number of esters is 1. The summed E-state index contributed by atoms with van der Waals surface area (Å²) in [6, 6.07) is 10.7. The van der Waals surface area contributed by atoms with Crippen molar-refractivity contribution >= 4 is 5.97 Å². The van der Waals surface area contributed by atoms with Gasteiger partial charge in [0.05, 0.1) is 17.9 Å². The van der Waals surface area contributed by atoms with Gasteiger partial charge in [-0.1, -0.05) is 12.1 Å². The summed E-state index contributed by atoms with van der Waals surface area (Å²) in [5.41, 5.74) is 1.47. The minimum absolute atomic E-state index is 0.160. The van der Waals surface area contributed by atoms with Crippen LogP contribution in [-0.4, -0.2) is 31.0 Å². The number of cyclic esters (lactones) is 1. The van der Waals surface area contributed by atoms with Crippen LogP contribution in [0.2, 0.25) is 0 Å². The van der Waals surface area contributed by atoms with Gasteiger partial charge in [-0.05, 0) is 35.4 Å². The highest BCUT2D eigenvalue weighted by molar-refractivity contribution is 5.77. The lowest BCUT2D eigenvalue weighted by atomic mass is 9.83. The Morgan fingerprint density at radius 1 is 0.786 bits per heavy atom. The highest BCUT2D eigenvalue weighted by atomic mass is 16.7. The van der Waals surface area contributed by atoms with Gasteiger partial charge in [0.15, 0.2) is 29.3 Å². The molecule has 2 fully saturated rings. The van der Waals surface area contributed by atoms with Gasteiger partial charge in [-0.2, -0.15) is 0 Å². The Balaban J connectivity index is 1.34. The topological polar surface area (TPSA) is 92.7 Å². The van der Waals surface area contributed by atoms with Crippen molar-refractivity contribution in [3.63, 3.8) is 0 Å². The molecule has 5 unspecified atom stereocenters. The molecule has 0 radical (unpaired) electrons. The number of aliphatic hydroxyl groups excluding tert-OH is 1. The second-order valence-electron chi connectivity index (χ2n) is 7.13. The maximum Gasteiger partial charge on any atom is 0.313 e. The molecule has 4 aliphatic rings. The van der Waals surface area contributed by atoms with E-state index in [0.29, 0.717) is 23.0 Å². The molecule has 8 heteroatoms. The quantitative estimate of drug-likeness (QED) is 0.787. The molecule has 8 nitrogen and oxygen atoms in total. The molecule has 0 aromatic heterocycles. The molecule has 2 saturated heterocycles. The molecule has 2 aromatic rings. The maximum absolute atomic E-state index is 12.7. The Morgan fingerprint density at radius 2 is 1.36 bits per heavy atom. The van der Waals surface area contributed by atoms with E-state index in [0.717, 1.165) is 11.1 Å². The summed E-state index contributed by atoms with van der Waals surface area (Å²) >= 11 is 0. The summed E-state index contributed by atoms with van der Waals surface area (Å²) in [4.78, 5) is 12.7. The lowest BCUT2D eigenvalue weighted by molar-refractivity contribution is -0.159. The molecule has 0 spiro atoms. The maximum atomic E-state index is 12.7. The molecule has 28 heavy (non-hydrogen) atoms. The minimum Gasteiger partial charge on any atom is -0.457 e. The Bertz CT molecular complexity index is 917. The van der Waals surface area contributed by atoms with Gasteiger partial charge in [-0.3, -0.25) is 4.79 Å². The third-order valence-electron chi connectivity index (χ3n) is 5.67. The van der Waals surface area contributed by atoms with E-state index in [1.807, 2.05) is 12.1 Å². The number of hydrogen-bond donors (Lipinski definition) is 1. The van der Waals surface area contributed by atoms with Crippen molar-refractivity contribution in [2.45, 2.75) is 18.5 Å². The molecular weight excluding hydrogens is 368 g/mol. The highest BCUT2D eigenvalue weighted by Crippen LogP contribution is 2.54. The third-order valence-corrected chi connectivity index (χ3v) is 5.67. The Morgan fingerprint density at radius 3 is 2.00 bits per heavy atom. The standard InChI is InChI=1S/C20H16O8/c21-19-15-16(18(28-19)10-2-4-12-14(6-10)26-8-24-12)20(22)27-17(15)9-1-3-11-13(5-9)25-7-23-11/h1-6,15-19,21H,7-8H2. The summed E-state index contributed by atoms with van der Waals surface area (Å²) < 4.78 is 32.9. The van der Waals surface area contributed by atoms with Crippen LogP contribution >= 0.6 is 0 Å². The molecule has 0 aliphatic carbocycles. The number of aliphatic hydroxyl groups is 1. The number of fused-ring (bicyclic) bond motifs is 3. The second kappa shape index (κ2) is 5.76. The Hall–Kier alpha value is -2.97. The van der Waals surface area contributed by atoms with Crippen LogP contribution in [0.3, 0.4) is 0 Å². The molecule has 2 aromatic carbocycles. The lowest BCUT2D eigenvalue weighted by Crippen LogP contribution is -2.22. The minimum atomic E-state index is -1.14. The molecule has 5 atom stereocenters. The van der Waals surface area contributed by atoms with E-state index in [1.165, 1.54) is 0 Å². The summed E-state index contributed by atoms with van der Waals surface area (Å²) in [6.07, 6.45) is -2.38. The number of benzene rings is 2. The first-order valence-electron chi connectivity index (χ1n) is 9.02. The molecular formula is C20H16O8. The first-order valence-corrected chi connectivity index (χ1v) is 9.02. The van der Waals surface area contributed by atoms with Crippen molar-refractivity contribution in [2.75, 3.05) is 13.6 Å². The van der Waals surface area contributed by atoms with Crippen molar-refractivity contribution in [3.05, 3.63) is 47.5 Å². The van der Waals surface area contributed by atoms with Crippen LogP contribution in [0.5, 0.6) is 23.0 Å². The third kappa shape index (κ3) is 2.22. The predicted octanol–water partition coefficient (Wildman–Crippen LogP) is 2.06. The molecule has 4 heterocycles. The first-order chi connectivity index (χ1) is 13.7. The van der Waals surface area contributed by atoms with Crippen molar-refractivity contribution in [1.29, 1.82) is 0 Å². The van der Waals surface area contributed by atoms with E-state index >= 15 is 0 Å². The van der Waals surface area contributed by atoms with E-state index in [4.69, 9.17) is 28.4 Å². The Kier molecular flexibility index (Phi) is 3.30. The summed E-state index contributed by atoms with van der Waals surface area (Å²) in [6.45, 7) is 0.320. The molecule has 6 rings (SSSR count). The van der Waals surface area contributed by atoms with E-state index in [2.05, 4.69) is 0 Å². The zero-order valence-corrected chi connectivity index (χ0v) is 14.6. The summed E-state index contributed by atoms with van der Waals surface area (Å²) in [5, 5.41) is 10.6. The van der Waals surface area contributed by atoms with Crippen LogP contribution in [0.4, 0.5) is 0 Å². The zero-order chi connectivity index (χ0) is 18.8. The lowest BCUT2D eigenvalue weighted by Gasteiger charge is -2.19. The van der Waals surface area contributed by atoms with Gasteiger partial charge >= 0.3 is 5.97 Å². The fourth-order valence-electron chi connectivity index (χ4n) is 4.36. The summed E-state index contributed by atoms with van der Waals surface area (Å²) in [7, 11) is 0. The number of ether oxygens (including phenoxy) is 6. The van der Waals surface area contributed by atoms with Crippen molar-refractivity contribution < 1.29 is 38.3 Å². The van der Waals surface area contributed by atoms with Crippen LogP contribution in [0, 0.1) is 11.8 Å². The van der Waals surface area contributed by atoms with Gasteiger partial charge in [0.25, 0.3) is 0 Å². The Labute approximate surface area is 159 Å². The van der Waals surface area contributed by atoms with Gasteiger partial charge in [0.1, 0.15) is 6.10 Å². The van der Waals surface area contributed by atoms with Crippen LogP contribution in [-0.2, 0) is 14.3 Å². The molecule has 144 valence electrons. The van der Waals surface area contributed by atoms with Crippen LogP contribution in [0.25, 0.3) is 0 Å². The van der Waals surface area contributed by atoms with Crippen molar-refractivity contribution in [3.8, 4) is 23.0 Å². The van der Waals surface area contributed by atoms with E-state index in [9.17, 15) is 9.90 Å². The fraction of sp³-hybridized carbons (Fsp3) is 0.350. The molecule has 1 N–H and O–H groups in total. The average Bonchev–Trinajstić information content (AvgIpc) is 3.46. The largest absolute Gasteiger partial charge is 0.457 e. The predicted molar refractivity (Wildman–Crippen MR) is 90.8 cm³/mol. The van der Waals surface area contributed by atoms with Crippen LogP contribution < -0.4 is 18.9 Å². The van der Waals surface area contributed by atoms with Crippen molar-refractivity contribution in [2.24, 2.45) is 11.8 Å². The highest BCUT2D eigenvalue weighted by Gasteiger charge is 2.59. The van der Waals surface area contributed by atoms with Crippen LogP contribution in [0.15, 0.2) is 36.4 Å². The zero-order valence-electron chi connectivity index (χ0n) is 14.6. The van der Waals surface area contributed by atoms with E-state index in [1.54, 1.807) is 24.3 Å². The number of rotatable bonds is 2. The van der Waals surface area contributed by atoms with Crippen molar-refractivity contribution in [1.82, 2.24) is 0 Å². The van der Waals surface area contributed by atoms with E-state index in [-0.39, 0.29) is 13.6 Å². The number of hydrogen-bond acceptors (Lipinski definition) is 8. The summed E-state index contributed by atoms with van der Waals surface area (Å²) in [5.74, 6) is 0.939. The SMILES string of the molecule is O=C1OC(c2ccc3c(c2)OCO3)C2C(O)OC(c3ccc4c(c3)OCO4)C12. The average molecular weight is 384 g/mol. The van der Waals surface area contributed by atoms with Gasteiger partial charge in [-0.15, -0.1) is 0 Å². The first kappa shape index (κ1) is 16.0. The fourth-order valence-corrected chi connectivity index (χ4v) is 4.36. The molecule has 0 bridgehead atoms. The van der Waals surface area contributed by atoms with Gasteiger partial charge < -0.3 is 33.5 Å². The monoisotopic (exact) mass is 384 g/mol. The van der Waals surface area contributed by atoms with Gasteiger partial charge in [0.2, 0.25) is 13.6 Å². The number of carbonyl (C=O) groups excluding carboxylic acids is 1. The smallest absolute Gasteiger partial charge is 0.313 e. The normalized spacial score (nSPS) is 31.8. The molecule has 0 saturated carbocycles. The van der Waals surface area contributed by atoms with Gasteiger partial charge in [0, 0.05) is 0 Å². The molecule has 4 aliphatic heterocycles. The van der Waals surface area contributed by atoms with Crippen LogP contribution in [0.1, 0.15) is 23.3 Å². The van der Waals surface area contributed by atoms with E-state index < -0.39 is 36.3 Å².